The van der Waals surface area contributed by atoms with E-state index in [2.05, 4.69) is 0 Å². The van der Waals surface area contributed by atoms with Gasteiger partial charge in [-0.25, -0.2) is 0 Å². The fraction of sp³-hybridized carbons (Fsp3) is 0.143. The number of hydrogen-bond acceptors (Lipinski definition) is 1. The minimum atomic E-state index is -4.41. The molecule has 0 aliphatic rings. The molecule has 0 unspecified atom stereocenters. The van der Waals surface area contributed by atoms with Crippen molar-refractivity contribution in [1.82, 2.24) is 0 Å². The first-order valence-electron chi connectivity index (χ1n) is 5.36. The van der Waals surface area contributed by atoms with Crippen LogP contribution < -0.4 is 0 Å². The monoisotopic (exact) mass is 252 g/mol. The number of aryl methyl sites for hydroxylation is 1. The van der Waals surface area contributed by atoms with Crippen molar-refractivity contribution in [2.24, 2.45) is 0 Å². The van der Waals surface area contributed by atoms with Gasteiger partial charge in [-0.15, -0.1) is 0 Å². The van der Waals surface area contributed by atoms with Crippen molar-refractivity contribution < 1.29 is 18.3 Å². The van der Waals surface area contributed by atoms with Crippen LogP contribution >= 0.6 is 0 Å². The molecule has 0 saturated heterocycles. The lowest BCUT2D eigenvalue weighted by Gasteiger charge is -2.13. The van der Waals surface area contributed by atoms with Gasteiger partial charge in [0.05, 0.1) is 5.56 Å². The molecule has 2 rings (SSSR count). The number of phenolic OH excluding ortho intramolecular Hbond substituents is 1. The van der Waals surface area contributed by atoms with Gasteiger partial charge in [0.15, 0.2) is 0 Å². The van der Waals surface area contributed by atoms with Crippen LogP contribution in [0.5, 0.6) is 5.75 Å². The molecule has 0 aliphatic carbocycles. The van der Waals surface area contributed by atoms with E-state index < -0.39 is 11.7 Å². The first kappa shape index (κ1) is 12.5. The average Bonchev–Trinajstić information content (AvgIpc) is 2.32. The number of benzene rings is 2. The van der Waals surface area contributed by atoms with Crippen molar-refractivity contribution in [2.75, 3.05) is 0 Å². The minimum Gasteiger partial charge on any atom is -0.508 e. The zero-order valence-corrected chi connectivity index (χ0v) is 9.62. The Morgan fingerprint density at radius 2 is 1.67 bits per heavy atom. The van der Waals surface area contributed by atoms with Crippen molar-refractivity contribution in [3.63, 3.8) is 0 Å². The van der Waals surface area contributed by atoms with Gasteiger partial charge in [-0.2, -0.15) is 13.2 Å². The average molecular weight is 252 g/mol. The number of phenols is 1. The Kier molecular flexibility index (Phi) is 3.03. The van der Waals surface area contributed by atoms with Crippen LogP contribution in [-0.2, 0) is 6.18 Å². The maximum absolute atomic E-state index is 12.9. The van der Waals surface area contributed by atoms with Gasteiger partial charge < -0.3 is 5.11 Å². The highest BCUT2D eigenvalue weighted by Gasteiger charge is 2.33. The Balaban J connectivity index is 2.61. The molecular weight excluding hydrogens is 241 g/mol. The molecule has 2 aromatic rings. The Bertz CT molecular complexity index is 573. The third-order valence-corrected chi connectivity index (χ3v) is 2.75. The van der Waals surface area contributed by atoms with E-state index in [1.54, 1.807) is 25.1 Å². The quantitative estimate of drug-likeness (QED) is 0.798. The molecule has 0 radical (unpaired) electrons. The third kappa shape index (κ3) is 2.32. The molecule has 0 aliphatic heterocycles. The smallest absolute Gasteiger partial charge is 0.417 e. The highest BCUT2D eigenvalue weighted by Crippen LogP contribution is 2.37. The van der Waals surface area contributed by atoms with Crippen LogP contribution in [0.3, 0.4) is 0 Å². The van der Waals surface area contributed by atoms with E-state index in [-0.39, 0.29) is 11.3 Å². The van der Waals surface area contributed by atoms with E-state index in [1.807, 2.05) is 0 Å². The molecule has 0 spiro atoms. The van der Waals surface area contributed by atoms with E-state index in [1.165, 1.54) is 18.2 Å². The van der Waals surface area contributed by atoms with E-state index in [9.17, 15) is 18.3 Å². The van der Waals surface area contributed by atoms with Crippen molar-refractivity contribution >= 4 is 0 Å². The maximum atomic E-state index is 12.9. The molecule has 0 fully saturated rings. The van der Waals surface area contributed by atoms with Crippen molar-refractivity contribution in [3.05, 3.63) is 53.6 Å². The molecule has 0 amide bonds. The Morgan fingerprint density at radius 1 is 1.00 bits per heavy atom. The summed E-state index contributed by atoms with van der Waals surface area (Å²) in [7, 11) is 0. The lowest BCUT2D eigenvalue weighted by molar-refractivity contribution is -0.137. The number of alkyl halides is 3. The molecule has 1 nitrogen and oxygen atoms in total. The zero-order valence-electron chi connectivity index (χ0n) is 9.62. The summed E-state index contributed by atoms with van der Waals surface area (Å²) in [5.74, 6) is -0.00974. The first-order chi connectivity index (χ1) is 8.39. The summed E-state index contributed by atoms with van der Waals surface area (Å²) in [5, 5.41) is 9.57. The molecule has 94 valence electrons. The SMILES string of the molecule is Cc1ccc(-c2ccccc2C(F)(F)F)cc1O. The molecule has 0 aromatic heterocycles. The van der Waals surface area contributed by atoms with E-state index >= 15 is 0 Å². The topological polar surface area (TPSA) is 20.2 Å². The zero-order chi connectivity index (χ0) is 13.3. The van der Waals surface area contributed by atoms with E-state index in [4.69, 9.17) is 0 Å². The van der Waals surface area contributed by atoms with Crippen molar-refractivity contribution in [1.29, 1.82) is 0 Å². The summed E-state index contributed by atoms with van der Waals surface area (Å²) < 4.78 is 38.6. The van der Waals surface area contributed by atoms with Crippen LogP contribution in [0.15, 0.2) is 42.5 Å². The number of hydrogen-bond donors (Lipinski definition) is 1. The Hall–Kier alpha value is -1.97. The second kappa shape index (κ2) is 4.37. The number of halogens is 3. The Labute approximate surface area is 103 Å². The second-order valence-electron chi connectivity index (χ2n) is 4.04. The van der Waals surface area contributed by atoms with Gasteiger partial charge in [0.25, 0.3) is 0 Å². The fourth-order valence-corrected chi connectivity index (χ4v) is 1.76. The molecule has 4 heteroatoms. The van der Waals surface area contributed by atoms with Gasteiger partial charge in [0, 0.05) is 0 Å². The van der Waals surface area contributed by atoms with Gasteiger partial charge in [-0.05, 0) is 35.7 Å². The lowest BCUT2D eigenvalue weighted by Crippen LogP contribution is -2.06. The molecular formula is C14H11F3O. The van der Waals surface area contributed by atoms with Gasteiger partial charge in [-0.1, -0.05) is 30.3 Å². The van der Waals surface area contributed by atoms with Crippen LogP contribution in [-0.4, -0.2) is 5.11 Å². The largest absolute Gasteiger partial charge is 0.508 e. The summed E-state index contributed by atoms with van der Waals surface area (Å²) in [6.07, 6.45) is -4.41. The number of aromatic hydroxyl groups is 1. The summed E-state index contributed by atoms with van der Waals surface area (Å²) in [6.45, 7) is 1.69. The van der Waals surface area contributed by atoms with Gasteiger partial charge >= 0.3 is 6.18 Å². The highest BCUT2D eigenvalue weighted by molar-refractivity contribution is 5.69. The molecule has 2 aromatic carbocycles. The standard InChI is InChI=1S/C14H11F3O/c1-9-6-7-10(8-13(9)18)11-4-2-3-5-12(11)14(15,16)17/h2-8,18H,1H3. The summed E-state index contributed by atoms with van der Waals surface area (Å²) >= 11 is 0. The van der Waals surface area contributed by atoms with Crippen LogP contribution in [0.2, 0.25) is 0 Å². The molecule has 0 heterocycles. The van der Waals surface area contributed by atoms with Gasteiger partial charge in [-0.3, -0.25) is 0 Å². The van der Waals surface area contributed by atoms with Gasteiger partial charge in [0.2, 0.25) is 0 Å². The molecule has 1 N–H and O–H groups in total. The Morgan fingerprint density at radius 3 is 2.28 bits per heavy atom. The van der Waals surface area contributed by atoms with Crippen molar-refractivity contribution in [2.45, 2.75) is 13.1 Å². The second-order valence-corrected chi connectivity index (χ2v) is 4.04. The van der Waals surface area contributed by atoms with Crippen LogP contribution in [0.4, 0.5) is 13.2 Å². The molecule has 0 atom stereocenters. The van der Waals surface area contributed by atoms with Crippen molar-refractivity contribution in [3.8, 4) is 16.9 Å². The molecule has 0 saturated carbocycles. The summed E-state index contributed by atoms with van der Waals surface area (Å²) in [5.41, 5.74) is 0.350. The summed E-state index contributed by atoms with van der Waals surface area (Å²) in [6, 6.07) is 9.83. The van der Waals surface area contributed by atoms with Crippen LogP contribution in [0.1, 0.15) is 11.1 Å². The highest BCUT2D eigenvalue weighted by atomic mass is 19.4. The first-order valence-corrected chi connectivity index (χ1v) is 5.36. The van der Waals surface area contributed by atoms with E-state index in [0.717, 1.165) is 6.07 Å². The van der Waals surface area contributed by atoms with E-state index in [0.29, 0.717) is 11.1 Å². The number of rotatable bonds is 1. The minimum absolute atomic E-state index is 0.00974. The molecule has 18 heavy (non-hydrogen) atoms. The van der Waals surface area contributed by atoms with Gasteiger partial charge in [0.1, 0.15) is 5.75 Å². The molecule has 0 bridgehead atoms. The normalized spacial score (nSPS) is 11.6. The predicted octanol–water partition coefficient (Wildman–Crippen LogP) is 4.39. The third-order valence-electron chi connectivity index (χ3n) is 2.75. The predicted molar refractivity (Wildman–Crippen MR) is 63.3 cm³/mol. The summed E-state index contributed by atoms with van der Waals surface area (Å²) in [4.78, 5) is 0. The van der Waals surface area contributed by atoms with Crippen LogP contribution in [0.25, 0.3) is 11.1 Å². The van der Waals surface area contributed by atoms with Crippen LogP contribution in [0, 0.1) is 6.92 Å². The maximum Gasteiger partial charge on any atom is 0.417 e. The fourth-order valence-electron chi connectivity index (χ4n) is 1.76. The lowest BCUT2D eigenvalue weighted by atomic mass is 9.98.